The van der Waals surface area contributed by atoms with Crippen LogP contribution < -0.4 is 0 Å². The molecule has 12 heavy (non-hydrogen) atoms. The second-order valence-corrected chi connectivity index (χ2v) is 2.52. The summed E-state index contributed by atoms with van der Waals surface area (Å²) in [4.78, 5) is 0. The second kappa shape index (κ2) is 4.39. The summed E-state index contributed by atoms with van der Waals surface area (Å²) in [5, 5.41) is 0. The highest BCUT2D eigenvalue weighted by Gasteiger charge is 1.86. The monoisotopic (exact) mass is 159 g/mol. The molecule has 1 rings (SSSR count). The van der Waals surface area contributed by atoms with Crippen molar-refractivity contribution in [3.8, 4) is 0 Å². The van der Waals surface area contributed by atoms with Crippen molar-refractivity contribution >= 4 is 5.70 Å². The first kappa shape index (κ1) is 8.60. The molecule has 1 aromatic rings. The molecular weight excluding hydrogens is 146 g/mol. The highest BCUT2D eigenvalue weighted by Crippen LogP contribution is 2.03. The Morgan fingerprint density at radius 2 is 1.92 bits per heavy atom. The van der Waals surface area contributed by atoms with Crippen LogP contribution in [-0.2, 0) is 0 Å². The summed E-state index contributed by atoms with van der Waals surface area (Å²) >= 11 is 0. The van der Waals surface area contributed by atoms with Crippen molar-refractivity contribution in [3.63, 3.8) is 0 Å². The van der Waals surface area contributed by atoms with Gasteiger partial charge in [-0.2, -0.15) is 0 Å². The summed E-state index contributed by atoms with van der Waals surface area (Å²) in [6.07, 6.45) is 11.7. The van der Waals surface area contributed by atoms with Gasteiger partial charge in [0.1, 0.15) is 0 Å². The van der Waals surface area contributed by atoms with E-state index in [1.807, 2.05) is 42.8 Å². The molecule has 0 aliphatic heterocycles. The zero-order valence-electron chi connectivity index (χ0n) is 7.27. The van der Waals surface area contributed by atoms with E-state index in [9.17, 15) is 0 Å². The van der Waals surface area contributed by atoms with Crippen LogP contribution in [0.1, 0.15) is 6.92 Å². The lowest BCUT2D eigenvalue weighted by Gasteiger charge is -1.99. The number of aromatic nitrogens is 1. The summed E-state index contributed by atoms with van der Waals surface area (Å²) in [5.74, 6) is 0. The molecule has 0 saturated carbocycles. The number of allylic oxidation sites excluding steroid dienone is 5. The number of hydrogen-bond donors (Lipinski definition) is 0. The Bertz CT molecular complexity index is 289. The highest BCUT2D eigenvalue weighted by atomic mass is 14.9. The Hall–Kier alpha value is -1.50. The molecular formula is C11H13N. The minimum atomic E-state index is 1.19. The first-order valence-corrected chi connectivity index (χ1v) is 3.94. The van der Waals surface area contributed by atoms with Crippen LogP contribution in [0.5, 0.6) is 0 Å². The van der Waals surface area contributed by atoms with Crippen molar-refractivity contribution in [2.45, 2.75) is 6.92 Å². The van der Waals surface area contributed by atoms with Crippen LogP contribution in [0.2, 0.25) is 0 Å². The van der Waals surface area contributed by atoms with E-state index in [2.05, 4.69) is 18.1 Å². The molecule has 0 spiro atoms. The molecule has 0 amide bonds. The molecule has 0 bridgehead atoms. The standard InChI is InChI=1S/C11H13N/c1-3-4-5-8-11(2)12-9-6-7-10-12/h3-10H,1H2,2H3/b5-4-,11-8+. The van der Waals surface area contributed by atoms with Gasteiger partial charge in [0, 0.05) is 18.1 Å². The molecule has 0 aliphatic rings. The number of nitrogens with zero attached hydrogens (tertiary/aromatic N) is 1. The van der Waals surface area contributed by atoms with Crippen LogP contribution in [0, 0.1) is 0 Å². The van der Waals surface area contributed by atoms with E-state index in [4.69, 9.17) is 0 Å². The normalized spacial score (nSPS) is 12.2. The van der Waals surface area contributed by atoms with Crippen LogP contribution in [0.3, 0.4) is 0 Å². The van der Waals surface area contributed by atoms with E-state index in [1.54, 1.807) is 6.08 Å². The van der Waals surface area contributed by atoms with Gasteiger partial charge in [0.05, 0.1) is 0 Å². The minimum Gasteiger partial charge on any atom is -0.328 e. The average molecular weight is 159 g/mol. The van der Waals surface area contributed by atoms with Crippen molar-refractivity contribution in [2.75, 3.05) is 0 Å². The van der Waals surface area contributed by atoms with E-state index in [1.165, 1.54) is 5.70 Å². The first-order chi connectivity index (χ1) is 5.84. The van der Waals surface area contributed by atoms with E-state index >= 15 is 0 Å². The van der Waals surface area contributed by atoms with Gasteiger partial charge in [-0.3, -0.25) is 0 Å². The molecule has 1 aromatic heterocycles. The Kier molecular flexibility index (Phi) is 3.15. The van der Waals surface area contributed by atoms with Crippen LogP contribution >= 0.6 is 0 Å². The zero-order valence-corrected chi connectivity index (χ0v) is 7.27. The molecule has 0 radical (unpaired) electrons. The summed E-state index contributed by atoms with van der Waals surface area (Å²) < 4.78 is 2.06. The van der Waals surface area contributed by atoms with E-state index in [0.29, 0.717) is 0 Å². The molecule has 0 fully saturated rings. The average Bonchev–Trinajstić information content (AvgIpc) is 2.56. The molecule has 0 unspecified atom stereocenters. The molecule has 1 nitrogen and oxygen atoms in total. The van der Waals surface area contributed by atoms with Crippen LogP contribution in [0.15, 0.2) is 55.4 Å². The van der Waals surface area contributed by atoms with Gasteiger partial charge in [0.2, 0.25) is 0 Å². The van der Waals surface area contributed by atoms with Gasteiger partial charge < -0.3 is 4.57 Å². The third kappa shape index (κ3) is 2.27. The fourth-order valence-electron chi connectivity index (χ4n) is 0.929. The zero-order chi connectivity index (χ0) is 8.81. The lowest BCUT2D eigenvalue weighted by atomic mass is 10.4. The summed E-state index contributed by atoms with van der Waals surface area (Å²) in [6, 6.07) is 4.02. The molecule has 0 aromatic carbocycles. The highest BCUT2D eigenvalue weighted by molar-refractivity contribution is 5.45. The Morgan fingerprint density at radius 1 is 1.25 bits per heavy atom. The summed E-state index contributed by atoms with van der Waals surface area (Å²) in [7, 11) is 0. The van der Waals surface area contributed by atoms with Gasteiger partial charge in [0.15, 0.2) is 0 Å². The maximum Gasteiger partial charge on any atom is 0.0189 e. The van der Waals surface area contributed by atoms with Crippen molar-refractivity contribution < 1.29 is 0 Å². The third-order valence-electron chi connectivity index (χ3n) is 1.60. The van der Waals surface area contributed by atoms with Gasteiger partial charge in [-0.1, -0.05) is 24.8 Å². The van der Waals surface area contributed by atoms with E-state index in [0.717, 1.165) is 0 Å². The van der Waals surface area contributed by atoms with E-state index < -0.39 is 0 Å². The van der Waals surface area contributed by atoms with Crippen molar-refractivity contribution in [1.82, 2.24) is 4.57 Å². The molecule has 0 atom stereocenters. The Morgan fingerprint density at radius 3 is 2.50 bits per heavy atom. The molecule has 0 saturated heterocycles. The number of rotatable bonds is 3. The Labute approximate surface area is 73.3 Å². The van der Waals surface area contributed by atoms with Gasteiger partial charge >= 0.3 is 0 Å². The largest absolute Gasteiger partial charge is 0.328 e. The molecule has 0 aliphatic carbocycles. The van der Waals surface area contributed by atoms with Crippen LogP contribution in [0.4, 0.5) is 0 Å². The first-order valence-electron chi connectivity index (χ1n) is 3.94. The van der Waals surface area contributed by atoms with Gasteiger partial charge in [-0.25, -0.2) is 0 Å². The molecule has 62 valence electrons. The fourth-order valence-corrected chi connectivity index (χ4v) is 0.929. The maximum atomic E-state index is 3.60. The second-order valence-electron chi connectivity index (χ2n) is 2.52. The fraction of sp³-hybridized carbons (Fsp3) is 0.0909. The van der Waals surface area contributed by atoms with Crippen molar-refractivity contribution in [3.05, 3.63) is 55.4 Å². The van der Waals surface area contributed by atoms with Crippen LogP contribution in [0.25, 0.3) is 5.70 Å². The maximum absolute atomic E-state index is 3.60. The minimum absolute atomic E-state index is 1.19. The quantitative estimate of drug-likeness (QED) is 0.597. The van der Waals surface area contributed by atoms with Gasteiger partial charge in [-0.15, -0.1) is 0 Å². The summed E-state index contributed by atoms with van der Waals surface area (Å²) in [6.45, 7) is 5.66. The van der Waals surface area contributed by atoms with Gasteiger partial charge in [0.25, 0.3) is 0 Å². The predicted octanol–water partition coefficient (Wildman–Crippen LogP) is 3.09. The lowest BCUT2D eigenvalue weighted by molar-refractivity contribution is 1.10. The van der Waals surface area contributed by atoms with E-state index in [-0.39, 0.29) is 0 Å². The van der Waals surface area contributed by atoms with Crippen molar-refractivity contribution in [2.24, 2.45) is 0 Å². The molecule has 1 heterocycles. The van der Waals surface area contributed by atoms with Crippen molar-refractivity contribution in [1.29, 1.82) is 0 Å². The van der Waals surface area contributed by atoms with Crippen LogP contribution in [-0.4, -0.2) is 4.57 Å². The van der Waals surface area contributed by atoms with Gasteiger partial charge in [-0.05, 0) is 25.1 Å². The summed E-state index contributed by atoms with van der Waals surface area (Å²) in [5.41, 5.74) is 1.19. The third-order valence-corrected chi connectivity index (χ3v) is 1.60. The SMILES string of the molecule is C=C/C=C\C=C(/C)n1cccc1. The number of hydrogen-bond acceptors (Lipinski definition) is 0. The molecule has 0 N–H and O–H groups in total. The Balaban J connectivity index is 2.71. The molecule has 1 heteroatoms. The topological polar surface area (TPSA) is 4.93 Å². The lowest BCUT2D eigenvalue weighted by Crippen LogP contribution is -1.86. The smallest absolute Gasteiger partial charge is 0.0189 e. The predicted molar refractivity (Wildman–Crippen MR) is 53.7 cm³/mol.